The van der Waals surface area contributed by atoms with Gasteiger partial charge in [-0.1, -0.05) is 18.2 Å². The molecule has 0 aliphatic heterocycles. The summed E-state index contributed by atoms with van der Waals surface area (Å²) in [5, 5.41) is 7.15. The van der Waals surface area contributed by atoms with Gasteiger partial charge in [0.1, 0.15) is 0 Å². The average molecular weight is 264 g/mol. The average Bonchev–Trinajstić information content (AvgIpc) is 2.70. The lowest BCUT2D eigenvalue weighted by molar-refractivity contribution is 0.660. The molecule has 3 N–H and O–H groups in total. The highest BCUT2D eigenvalue weighted by Crippen LogP contribution is 2.30. The Morgan fingerprint density at radius 2 is 2.22 bits per heavy atom. The molecule has 0 aliphatic rings. The fraction of sp³-hybridized carbons (Fsp3) is 0.333. The summed E-state index contributed by atoms with van der Waals surface area (Å²) >= 11 is 1.46. The second-order valence-corrected chi connectivity index (χ2v) is 4.99. The third-order valence-electron chi connectivity index (χ3n) is 2.65. The minimum absolute atomic E-state index is 0.0468. The van der Waals surface area contributed by atoms with E-state index in [0.717, 1.165) is 10.5 Å². The molecule has 0 saturated carbocycles. The normalized spacial score (nSPS) is 12.6. The molecule has 0 fully saturated rings. The van der Waals surface area contributed by atoms with E-state index in [1.54, 1.807) is 4.57 Å². The van der Waals surface area contributed by atoms with Crippen LogP contribution in [0, 0.1) is 0 Å². The van der Waals surface area contributed by atoms with Gasteiger partial charge in [-0.3, -0.25) is 4.57 Å². The van der Waals surface area contributed by atoms with Crippen LogP contribution < -0.4 is 11.4 Å². The maximum absolute atomic E-state index is 11.5. The van der Waals surface area contributed by atoms with Gasteiger partial charge < -0.3 is 5.73 Å². The quantitative estimate of drug-likeness (QED) is 0.882. The first-order valence-corrected chi connectivity index (χ1v) is 6.62. The first-order valence-electron chi connectivity index (χ1n) is 5.81. The summed E-state index contributed by atoms with van der Waals surface area (Å²) in [6, 6.07) is 7.85. The van der Waals surface area contributed by atoms with Gasteiger partial charge in [0.2, 0.25) is 0 Å². The summed E-state index contributed by atoms with van der Waals surface area (Å²) in [6.45, 7) is 4.45. The van der Waals surface area contributed by atoms with Crippen LogP contribution in [0.2, 0.25) is 0 Å². The number of nitrogens with two attached hydrogens (primary N) is 1. The number of rotatable bonds is 4. The Hall–Kier alpha value is -1.53. The number of hydrogen-bond acceptors (Lipinski definition) is 4. The first kappa shape index (κ1) is 12.9. The Balaban J connectivity index is 2.37. The zero-order chi connectivity index (χ0) is 13.1. The van der Waals surface area contributed by atoms with Gasteiger partial charge in [-0.15, -0.1) is 5.10 Å². The zero-order valence-corrected chi connectivity index (χ0v) is 11.2. The van der Waals surface area contributed by atoms with E-state index < -0.39 is 0 Å². The van der Waals surface area contributed by atoms with E-state index in [0.29, 0.717) is 11.7 Å². The molecule has 0 saturated heterocycles. The standard InChI is InChI=1S/C12H16N4OS/c1-3-16-11(17)14-15-12(16)18-10-7-5-4-6-9(10)8(2)13/h4-8H,3,13H2,1-2H3,(H,14,17)/t8-/m1/s1. The SMILES string of the molecule is CCn1c(Sc2ccccc2[C@@H](C)N)n[nH]c1=O. The van der Waals surface area contributed by atoms with E-state index >= 15 is 0 Å². The Labute approximate surface area is 109 Å². The highest BCUT2D eigenvalue weighted by Gasteiger charge is 2.12. The fourth-order valence-electron chi connectivity index (χ4n) is 1.71. The van der Waals surface area contributed by atoms with Crippen LogP contribution in [0.1, 0.15) is 25.5 Å². The predicted molar refractivity (Wildman–Crippen MR) is 71.7 cm³/mol. The van der Waals surface area contributed by atoms with Crippen LogP contribution in [-0.2, 0) is 6.54 Å². The first-order chi connectivity index (χ1) is 8.63. The molecule has 2 aromatic rings. The second kappa shape index (κ2) is 5.41. The number of benzene rings is 1. The van der Waals surface area contributed by atoms with Crippen LogP contribution in [-0.4, -0.2) is 14.8 Å². The molecule has 1 atom stereocenters. The summed E-state index contributed by atoms with van der Waals surface area (Å²) in [6.07, 6.45) is 0. The molecule has 1 aromatic carbocycles. The molecule has 96 valence electrons. The van der Waals surface area contributed by atoms with Crippen LogP contribution in [0.3, 0.4) is 0 Å². The highest BCUT2D eigenvalue weighted by atomic mass is 32.2. The molecule has 6 heteroatoms. The van der Waals surface area contributed by atoms with E-state index in [4.69, 9.17) is 5.73 Å². The third kappa shape index (κ3) is 2.49. The smallest absolute Gasteiger partial charge is 0.324 e. The van der Waals surface area contributed by atoms with Crippen molar-refractivity contribution in [3.8, 4) is 0 Å². The topological polar surface area (TPSA) is 76.7 Å². The molecule has 0 radical (unpaired) electrons. The number of aromatic amines is 1. The van der Waals surface area contributed by atoms with Gasteiger partial charge in [0, 0.05) is 17.5 Å². The molecule has 2 rings (SSSR count). The van der Waals surface area contributed by atoms with Crippen LogP contribution >= 0.6 is 11.8 Å². The van der Waals surface area contributed by atoms with Gasteiger partial charge in [-0.05, 0) is 37.2 Å². The lowest BCUT2D eigenvalue weighted by Gasteiger charge is -2.11. The van der Waals surface area contributed by atoms with Crippen LogP contribution in [0.5, 0.6) is 0 Å². The molecule has 0 bridgehead atoms. The van der Waals surface area contributed by atoms with Crippen molar-refractivity contribution in [2.24, 2.45) is 5.73 Å². The number of H-pyrrole nitrogens is 1. The van der Waals surface area contributed by atoms with Gasteiger partial charge in [-0.25, -0.2) is 9.89 Å². The maximum Gasteiger partial charge on any atom is 0.343 e. The third-order valence-corrected chi connectivity index (χ3v) is 3.74. The van der Waals surface area contributed by atoms with Gasteiger partial charge in [0.05, 0.1) is 0 Å². The molecule has 0 spiro atoms. The molecule has 18 heavy (non-hydrogen) atoms. The van der Waals surface area contributed by atoms with Crippen molar-refractivity contribution in [3.05, 3.63) is 40.3 Å². The Bertz CT molecular complexity index is 588. The maximum atomic E-state index is 11.5. The van der Waals surface area contributed by atoms with Crippen molar-refractivity contribution in [2.75, 3.05) is 0 Å². The van der Waals surface area contributed by atoms with E-state index in [9.17, 15) is 4.79 Å². The monoisotopic (exact) mass is 264 g/mol. The van der Waals surface area contributed by atoms with Gasteiger partial charge in [-0.2, -0.15) is 0 Å². The Kier molecular flexibility index (Phi) is 3.88. The van der Waals surface area contributed by atoms with E-state index in [1.807, 2.05) is 38.1 Å². The molecule has 0 aliphatic carbocycles. The molecule has 0 amide bonds. The number of aromatic nitrogens is 3. The van der Waals surface area contributed by atoms with Crippen molar-refractivity contribution in [2.45, 2.75) is 36.5 Å². The highest BCUT2D eigenvalue weighted by molar-refractivity contribution is 7.99. The summed E-state index contributed by atoms with van der Waals surface area (Å²) in [4.78, 5) is 12.5. The van der Waals surface area contributed by atoms with Crippen molar-refractivity contribution >= 4 is 11.8 Å². The number of nitrogens with zero attached hydrogens (tertiary/aromatic N) is 2. The van der Waals surface area contributed by atoms with Crippen LogP contribution in [0.4, 0.5) is 0 Å². The van der Waals surface area contributed by atoms with Gasteiger partial charge >= 0.3 is 5.69 Å². The minimum Gasteiger partial charge on any atom is -0.324 e. The molecule has 5 nitrogen and oxygen atoms in total. The van der Waals surface area contributed by atoms with Crippen molar-refractivity contribution in [3.63, 3.8) is 0 Å². The van der Waals surface area contributed by atoms with Crippen LogP contribution in [0.15, 0.2) is 39.1 Å². The van der Waals surface area contributed by atoms with Crippen LogP contribution in [0.25, 0.3) is 0 Å². The minimum atomic E-state index is -0.182. The Morgan fingerprint density at radius 3 is 2.89 bits per heavy atom. The van der Waals surface area contributed by atoms with Crippen molar-refractivity contribution in [1.29, 1.82) is 0 Å². The van der Waals surface area contributed by atoms with E-state index in [1.165, 1.54) is 11.8 Å². The van der Waals surface area contributed by atoms with E-state index in [-0.39, 0.29) is 11.7 Å². The number of hydrogen-bond donors (Lipinski definition) is 2. The molecule has 0 unspecified atom stereocenters. The van der Waals surface area contributed by atoms with Crippen molar-refractivity contribution in [1.82, 2.24) is 14.8 Å². The lowest BCUT2D eigenvalue weighted by Crippen LogP contribution is -2.16. The van der Waals surface area contributed by atoms with E-state index in [2.05, 4.69) is 10.2 Å². The van der Waals surface area contributed by atoms with Gasteiger partial charge in [0.15, 0.2) is 5.16 Å². The molecular formula is C12H16N4OS. The fourth-order valence-corrected chi connectivity index (χ4v) is 2.84. The zero-order valence-electron chi connectivity index (χ0n) is 10.4. The van der Waals surface area contributed by atoms with Crippen molar-refractivity contribution < 1.29 is 0 Å². The summed E-state index contributed by atoms with van der Waals surface area (Å²) in [7, 11) is 0. The molecule has 1 heterocycles. The summed E-state index contributed by atoms with van der Waals surface area (Å²) in [5.74, 6) is 0. The molecule has 1 aromatic heterocycles. The number of nitrogens with one attached hydrogen (secondary N) is 1. The summed E-state index contributed by atoms with van der Waals surface area (Å²) in [5.41, 5.74) is 6.81. The van der Waals surface area contributed by atoms with Gasteiger partial charge in [0.25, 0.3) is 0 Å². The second-order valence-electron chi connectivity index (χ2n) is 3.98. The predicted octanol–water partition coefficient (Wildman–Crippen LogP) is 1.76. The Morgan fingerprint density at radius 1 is 1.50 bits per heavy atom. The lowest BCUT2D eigenvalue weighted by atomic mass is 10.1. The largest absolute Gasteiger partial charge is 0.343 e. The summed E-state index contributed by atoms with van der Waals surface area (Å²) < 4.78 is 1.60. The molecular weight excluding hydrogens is 248 g/mol.